The molecule has 1 aromatic carbocycles. The molecule has 0 saturated heterocycles. The van der Waals surface area contributed by atoms with Gasteiger partial charge < -0.3 is 15.1 Å². The van der Waals surface area contributed by atoms with Gasteiger partial charge in [-0.15, -0.1) is 0 Å². The van der Waals surface area contributed by atoms with Crippen molar-refractivity contribution in [2.75, 3.05) is 10.7 Å². The highest BCUT2D eigenvalue weighted by Gasteiger charge is 2.09. The lowest BCUT2D eigenvalue weighted by Crippen LogP contribution is -2.11. The third kappa shape index (κ3) is 2.39. The fraction of sp³-hybridized carbons (Fsp3) is 0. The highest BCUT2D eigenvalue weighted by molar-refractivity contribution is 14.1. The first-order valence-corrected chi connectivity index (χ1v) is 6.77. The van der Waals surface area contributed by atoms with Crippen molar-refractivity contribution in [3.05, 3.63) is 46.2 Å². The topological polar surface area (TPSA) is 80.3 Å². The Hall–Kier alpha value is -1.94. The molecule has 0 atom stereocenters. The number of imidazole rings is 1. The van der Waals surface area contributed by atoms with E-state index in [0.717, 1.165) is 9.26 Å². The van der Waals surface area contributed by atoms with Crippen LogP contribution >= 0.6 is 22.6 Å². The van der Waals surface area contributed by atoms with Gasteiger partial charge in [-0.2, -0.15) is 0 Å². The first-order chi connectivity index (χ1) is 9.67. The van der Waals surface area contributed by atoms with Crippen molar-refractivity contribution in [2.24, 2.45) is 5.84 Å². The molecule has 102 valence electrons. The molecule has 0 spiro atoms. The molecule has 2 heterocycles. The van der Waals surface area contributed by atoms with Crippen LogP contribution in [0.4, 0.5) is 21.7 Å². The average molecular weight is 384 g/mol. The van der Waals surface area contributed by atoms with E-state index >= 15 is 0 Å². The lowest BCUT2D eigenvalue weighted by molar-refractivity contribution is 0.627. The largest absolute Gasteiger partial charge is 0.336 e. The van der Waals surface area contributed by atoms with Gasteiger partial charge in [0.2, 0.25) is 0 Å². The molecule has 0 aliphatic rings. The smallest absolute Gasteiger partial charge is 0.180 e. The Morgan fingerprint density at radius 3 is 2.95 bits per heavy atom. The second-order valence-electron chi connectivity index (χ2n) is 4.03. The SMILES string of the molecule is NNc1cn2ccnc2c(Nc2ccc(F)cc2I)n1. The molecule has 0 amide bonds. The zero-order chi connectivity index (χ0) is 14.1. The number of nitrogens with zero attached hydrogens (tertiary/aromatic N) is 3. The maximum Gasteiger partial charge on any atom is 0.180 e. The summed E-state index contributed by atoms with van der Waals surface area (Å²) in [6, 6.07) is 4.48. The summed E-state index contributed by atoms with van der Waals surface area (Å²) in [7, 11) is 0. The van der Waals surface area contributed by atoms with Gasteiger partial charge in [0.15, 0.2) is 17.3 Å². The molecule has 0 unspecified atom stereocenters. The van der Waals surface area contributed by atoms with E-state index in [1.54, 1.807) is 29.1 Å². The van der Waals surface area contributed by atoms with Crippen LogP contribution in [-0.2, 0) is 0 Å². The van der Waals surface area contributed by atoms with E-state index in [1.807, 2.05) is 0 Å². The Kier molecular flexibility index (Phi) is 3.40. The molecule has 4 N–H and O–H groups in total. The normalized spacial score (nSPS) is 10.8. The van der Waals surface area contributed by atoms with E-state index in [4.69, 9.17) is 5.84 Å². The van der Waals surface area contributed by atoms with Gasteiger partial charge >= 0.3 is 0 Å². The lowest BCUT2D eigenvalue weighted by Gasteiger charge is -2.10. The summed E-state index contributed by atoms with van der Waals surface area (Å²) in [6.45, 7) is 0. The molecular weight excluding hydrogens is 374 g/mol. The monoisotopic (exact) mass is 384 g/mol. The van der Waals surface area contributed by atoms with E-state index < -0.39 is 0 Å². The quantitative estimate of drug-likeness (QED) is 0.367. The molecular formula is C12H10FIN6. The number of fused-ring (bicyclic) bond motifs is 1. The Morgan fingerprint density at radius 2 is 2.20 bits per heavy atom. The second-order valence-corrected chi connectivity index (χ2v) is 5.19. The van der Waals surface area contributed by atoms with Crippen molar-refractivity contribution in [1.29, 1.82) is 0 Å². The maximum atomic E-state index is 13.1. The second kappa shape index (κ2) is 5.21. The molecule has 0 saturated carbocycles. The van der Waals surface area contributed by atoms with Gasteiger partial charge in [0.25, 0.3) is 0 Å². The molecule has 3 rings (SSSR count). The van der Waals surface area contributed by atoms with Crippen LogP contribution in [0.2, 0.25) is 0 Å². The highest BCUT2D eigenvalue weighted by atomic mass is 127. The zero-order valence-electron chi connectivity index (χ0n) is 10.1. The van der Waals surface area contributed by atoms with Crippen molar-refractivity contribution in [3.63, 3.8) is 0 Å². The molecule has 0 bridgehead atoms. The van der Waals surface area contributed by atoms with Gasteiger partial charge in [-0.1, -0.05) is 0 Å². The van der Waals surface area contributed by atoms with Gasteiger partial charge in [0.05, 0.1) is 11.9 Å². The fourth-order valence-electron chi connectivity index (χ4n) is 1.80. The number of nitrogens with two attached hydrogens (primary N) is 1. The van der Waals surface area contributed by atoms with Gasteiger partial charge in [-0.3, -0.25) is 0 Å². The molecule has 8 heteroatoms. The lowest BCUT2D eigenvalue weighted by atomic mass is 10.3. The van der Waals surface area contributed by atoms with E-state index in [0.29, 0.717) is 17.3 Å². The Balaban J connectivity index is 2.07. The number of rotatable bonds is 3. The van der Waals surface area contributed by atoms with Crippen molar-refractivity contribution in [2.45, 2.75) is 0 Å². The molecule has 0 aliphatic carbocycles. The molecule has 2 aromatic heterocycles. The minimum Gasteiger partial charge on any atom is -0.336 e. The molecule has 6 nitrogen and oxygen atoms in total. The van der Waals surface area contributed by atoms with E-state index in [-0.39, 0.29) is 5.82 Å². The number of hydrogen-bond acceptors (Lipinski definition) is 5. The van der Waals surface area contributed by atoms with E-state index in [9.17, 15) is 4.39 Å². The van der Waals surface area contributed by atoms with Crippen LogP contribution in [0.1, 0.15) is 0 Å². The number of nitrogens with one attached hydrogen (secondary N) is 2. The molecule has 20 heavy (non-hydrogen) atoms. The van der Waals surface area contributed by atoms with Crippen molar-refractivity contribution in [1.82, 2.24) is 14.4 Å². The van der Waals surface area contributed by atoms with Crippen LogP contribution in [0.5, 0.6) is 0 Å². The van der Waals surface area contributed by atoms with E-state index in [1.165, 1.54) is 12.1 Å². The Morgan fingerprint density at radius 1 is 1.35 bits per heavy atom. The van der Waals surface area contributed by atoms with Gasteiger partial charge in [0.1, 0.15) is 5.82 Å². The predicted octanol–water partition coefficient (Wildman–Crippen LogP) is 2.50. The first-order valence-electron chi connectivity index (χ1n) is 5.70. The maximum absolute atomic E-state index is 13.1. The Bertz CT molecular complexity index is 772. The summed E-state index contributed by atoms with van der Waals surface area (Å²) in [5, 5.41) is 3.14. The molecule has 0 aliphatic heterocycles. The van der Waals surface area contributed by atoms with Crippen molar-refractivity contribution >= 4 is 45.6 Å². The number of benzene rings is 1. The number of nitrogen functional groups attached to an aromatic ring is 1. The highest BCUT2D eigenvalue weighted by Crippen LogP contribution is 2.25. The van der Waals surface area contributed by atoms with Crippen LogP contribution in [0, 0.1) is 9.39 Å². The number of hydrogen-bond donors (Lipinski definition) is 3. The number of anilines is 3. The third-order valence-corrected chi connectivity index (χ3v) is 3.60. The van der Waals surface area contributed by atoms with Gasteiger partial charge in [-0.05, 0) is 40.8 Å². The summed E-state index contributed by atoms with van der Waals surface area (Å²) >= 11 is 2.06. The van der Waals surface area contributed by atoms with Crippen LogP contribution in [-0.4, -0.2) is 14.4 Å². The molecule has 0 fully saturated rings. The summed E-state index contributed by atoms with van der Waals surface area (Å²) in [6.07, 6.45) is 5.18. The zero-order valence-corrected chi connectivity index (χ0v) is 12.3. The van der Waals surface area contributed by atoms with Gasteiger partial charge in [0, 0.05) is 16.0 Å². The number of aromatic nitrogens is 3. The van der Waals surface area contributed by atoms with Crippen LogP contribution in [0.3, 0.4) is 0 Å². The van der Waals surface area contributed by atoms with Crippen LogP contribution in [0.25, 0.3) is 5.65 Å². The number of hydrazine groups is 1. The van der Waals surface area contributed by atoms with Gasteiger partial charge in [-0.25, -0.2) is 20.2 Å². The first kappa shape index (κ1) is 13.1. The molecule has 0 radical (unpaired) electrons. The summed E-state index contributed by atoms with van der Waals surface area (Å²) in [5.41, 5.74) is 3.90. The van der Waals surface area contributed by atoms with Crippen LogP contribution < -0.4 is 16.6 Å². The van der Waals surface area contributed by atoms with Crippen molar-refractivity contribution in [3.8, 4) is 0 Å². The number of halogens is 2. The minimum atomic E-state index is -0.281. The summed E-state index contributed by atoms with van der Waals surface area (Å²) in [4.78, 5) is 8.55. The summed E-state index contributed by atoms with van der Waals surface area (Å²) < 4.78 is 15.7. The standard InChI is InChI=1S/C12H10FIN6/c13-7-1-2-9(8(14)5-7)17-11-12-16-3-4-20(12)6-10(18-11)19-15/h1-6,19H,15H2,(H,17,18). The minimum absolute atomic E-state index is 0.281. The fourth-order valence-corrected chi connectivity index (χ4v) is 2.42. The average Bonchev–Trinajstić information content (AvgIpc) is 2.90. The van der Waals surface area contributed by atoms with E-state index in [2.05, 4.69) is 43.3 Å². The Labute approximate surface area is 127 Å². The van der Waals surface area contributed by atoms with Crippen molar-refractivity contribution < 1.29 is 4.39 Å². The third-order valence-electron chi connectivity index (χ3n) is 2.71. The summed E-state index contributed by atoms with van der Waals surface area (Å²) in [5.74, 6) is 6.15. The van der Waals surface area contributed by atoms with Crippen LogP contribution in [0.15, 0.2) is 36.8 Å². The predicted molar refractivity (Wildman–Crippen MR) is 83.2 cm³/mol. The molecule has 3 aromatic rings.